The number of halogens is 1. The molecule has 0 radical (unpaired) electrons. The van der Waals surface area contributed by atoms with E-state index in [1.807, 2.05) is 12.3 Å². The molecular weight excluding hydrogens is 404 g/mol. The Morgan fingerprint density at radius 1 is 1.10 bits per heavy atom. The largest absolute Gasteiger partial charge is 0.508 e. The summed E-state index contributed by atoms with van der Waals surface area (Å²) < 4.78 is 0. The van der Waals surface area contributed by atoms with E-state index in [0.29, 0.717) is 23.2 Å². The number of phenolic OH excluding ortho intramolecular Hbond substituents is 1. The Morgan fingerprint density at radius 3 is 2.79 bits per heavy atom. The zero-order valence-electron chi connectivity index (χ0n) is 16.8. The lowest BCUT2D eigenvalue weighted by atomic mass is 9.94. The van der Waals surface area contributed by atoms with Gasteiger partial charge in [-0.25, -0.2) is 9.97 Å². The second-order valence-electron chi connectivity index (χ2n) is 8.01. The van der Waals surface area contributed by atoms with Crippen molar-refractivity contribution in [3.8, 4) is 5.75 Å². The molecule has 29 heavy (non-hydrogen) atoms. The van der Waals surface area contributed by atoms with Gasteiger partial charge in [-0.1, -0.05) is 23.4 Å². The van der Waals surface area contributed by atoms with Crippen molar-refractivity contribution in [2.75, 3.05) is 38.5 Å². The minimum absolute atomic E-state index is 0.315. The first-order chi connectivity index (χ1) is 14.2. The zero-order chi connectivity index (χ0) is 20.1. The quantitative estimate of drug-likeness (QED) is 0.516. The highest BCUT2D eigenvalue weighted by Gasteiger charge is 2.23. The van der Waals surface area contributed by atoms with E-state index in [4.69, 9.17) is 16.6 Å². The Labute approximate surface area is 182 Å². The third kappa shape index (κ3) is 5.85. The van der Waals surface area contributed by atoms with Crippen molar-refractivity contribution in [1.82, 2.24) is 19.8 Å². The standard InChI is InChI=1S/C22H29ClN4OS/c23-19-5-6-21(28)18(14-19)16-27-11-3-4-17(15-27)20-7-8-24-22(25-20)29-13-12-26-9-1-2-10-26/h5-8,14,17,28H,1-4,9-13,15-16H2/t17-/m1/s1. The van der Waals surface area contributed by atoms with Gasteiger partial charge in [0.15, 0.2) is 5.16 Å². The lowest BCUT2D eigenvalue weighted by Crippen LogP contribution is -2.34. The normalized spacial score (nSPS) is 20.9. The molecule has 0 bridgehead atoms. The van der Waals surface area contributed by atoms with E-state index < -0.39 is 0 Å². The highest BCUT2D eigenvalue weighted by atomic mass is 35.5. The number of nitrogens with zero attached hydrogens (tertiary/aromatic N) is 4. The van der Waals surface area contributed by atoms with E-state index in [-0.39, 0.29) is 0 Å². The lowest BCUT2D eigenvalue weighted by molar-refractivity contribution is 0.196. The number of thioether (sulfide) groups is 1. The molecule has 0 unspecified atom stereocenters. The van der Waals surface area contributed by atoms with Gasteiger partial charge in [0.1, 0.15) is 5.75 Å². The highest BCUT2D eigenvalue weighted by molar-refractivity contribution is 7.99. The first kappa shape index (κ1) is 20.9. The molecule has 2 saturated heterocycles. The number of aromatic hydroxyl groups is 1. The molecule has 1 N–H and O–H groups in total. The third-order valence-electron chi connectivity index (χ3n) is 5.85. The number of hydrogen-bond acceptors (Lipinski definition) is 6. The van der Waals surface area contributed by atoms with E-state index >= 15 is 0 Å². The second kappa shape index (κ2) is 10.1. The molecular formula is C22H29ClN4OS. The van der Waals surface area contributed by atoms with Gasteiger partial charge >= 0.3 is 0 Å². The summed E-state index contributed by atoms with van der Waals surface area (Å²) in [5.41, 5.74) is 2.03. The van der Waals surface area contributed by atoms with Crippen molar-refractivity contribution in [3.63, 3.8) is 0 Å². The average molecular weight is 433 g/mol. The molecule has 4 rings (SSSR count). The number of likely N-dealkylation sites (tertiary alicyclic amines) is 2. The van der Waals surface area contributed by atoms with Crippen molar-refractivity contribution in [3.05, 3.63) is 46.7 Å². The van der Waals surface area contributed by atoms with Gasteiger partial charge in [0.25, 0.3) is 0 Å². The number of rotatable bonds is 7. The number of benzene rings is 1. The Morgan fingerprint density at radius 2 is 1.93 bits per heavy atom. The fourth-order valence-corrected chi connectivity index (χ4v) is 5.32. The molecule has 0 saturated carbocycles. The topological polar surface area (TPSA) is 52.5 Å². The Balaban J connectivity index is 1.34. The summed E-state index contributed by atoms with van der Waals surface area (Å²) in [6.45, 7) is 6.29. The maximum absolute atomic E-state index is 10.1. The van der Waals surface area contributed by atoms with Crippen LogP contribution in [0.1, 0.15) is 42.9 Å². The highest BCUT2D eigenvalue weighted by Crippen LogP contribution is 2.29. The van der Waals surface area contributed by atoms with E-state index in [9.17, 15) is 5.11 Å². The molecule has 2 aliphatic heterocycles. The maximum atomic E-state index is 10.1. The Kier molecular flexibility index (Phi) is 7.29. The van der Waals surface area contributed by atoms with Gasteiger partial charge in [-0.05, 0) is 69.6 Å². The summed E-state index contributed by atoms with van der Waals surface area (Å²) in [4.78, 5) is 14.3. The van der Waals surface area contributed by atoms with Crippen LogP contribution in [0.3, 0.4) is 0 Å². The molecule has 5 nitrogen and oxygen atoms in total. The van der Waals surface area contributed by atoms with E-state index in [2.05, 4.69) is 20.9 Å². The van der Waals surface area contributed by atoms with Crippen LogP contribution >= 0.6 is 23.4 Å². The van der Waals surface area contributed by atoms with E-state index in [0.717, 1.165) is 54.6 Å². The summed E-state index contributed by atoms with van der Waals surface area (Å²) in [7, 11) is 0. The summed E-state index contributed by atoms with van der Waals surface area (Å²) in [5, 5.41) is 11.7. The van der Waals surface area contributed by atoms with Crippen molar-refractivity contribution in [1.29, 1.82) is 0 Å². The van der Waals surface area contributed by atoms with E-state index in [1.54, 1.807) is 23.9 Å². The summed E-state index contributed by atoms with van der Waals surface area (Å²) >= 11 is 7.87. The second-order valence-corrected chi connectivity index (χ2v) is 9.51. The average Bonchev–Trinajstić information content (AvgIpc) is 3.25. The van der Waals surface area contributed by atoms with Crippen molar-refractivity contribution < 1.29 is 5.11 Å². The Bertz CT molecular complexity index is 815. The van der Waals surface area contributed by atoms with Crippen LogP contribution in [0.15, 0.2) is 35.6 Å². The zero-order valence-corrected chi connectivity index (χ0v) is 18.3. The fourth-order valence-electron chi connectivity index (χ4n) is 4.29. The third-order valence-corrected chi connectivity index (χ3v) is 6.93. The van der Waals surface area contributed by atoms with Crippen LogP contribution in [0, 0.1) is 0 Å². The summed E-state index contributed by atoms with van der Waals surface area (Å²) in [6, 6.07) is 7.33. The predicted octanol–water partition coefficient (Wildman–Crippen LogP) is 4.40. The van der Waals surface area contributed by atoms with Gasteiger partial charge < -0.3 is 10.0 Å². The van der Waals surface area contributed by atoms with Crippen molar-refractivity contribution in [2.45, 2.75) is 43.3 Å². The first-order valence-corrected chi connectivity index (χ1v) is 11.9. The minimum atomic E-state index is 0.315. The van der Waals surface area contributed by atoms with Gasteiger partial charge in [-0.3, -0.25) is 4.90 Å². The molecule has 1 aromatic carbocycles. The molecule has 2 aliphatic rings. The molecule has 0 aliphatic carbocycles. The summed E-state index contributed by atoms with van der Waals surface area (Å²) in [6.07, 6.45) is 6.85. The molecule has 2 aromatic rings. The van der Waals surface area contributed by atoms with Gasteiger partial charge in [0, 0.05) is 53.8 Å². The van der Waals surface area contributed by atoms with Gasteiger partial charge in [-0.15, -0.1) is 0 Å². The molecule has 1 atom stereocenters. The van der Waals surface area contributed by atoms with Crippen molar-refractivity contribution >= 4 is 23.4 Å². The number of phenols is 1. The van der Waals surface area contributed by atoms with Crippen LogP contribution in [0.2, 0.25) is 5.02 Å². The van der Waals surface area contributed by atoms with Gasteiger partial charge in [0.2, 0.25) is 0 Å². The monoisotopic (exact) mass is 432 g/mol. The summed E-state index contributed by atoms with van der Waals surface area (Å²) in [5.74, 6) is 1.77. The number of aromatic nitrogens is 2. The van der Waals surface area contributed by atoms with Crippen LogP contribution in [-0.4, -0.2) is 63.4 Å². The molecule has 1 aromatic heterocycles. The number of piperidine rings is 1. The van der Waals surface area contributed by atoms with Crippen LogP contribution in [-0.2, 0) is 6.54 Å². The minimum Gasteiger partial charge on any atom is -0.508 e. The first-order valence-electron chi connectivity index (χ1n) is 10.6. The predicted molar refractivity (Wildman–Crippen MR) is 119 cm³/mol. The van der Waals surface area contributed by atoms with Crippen LogP contribution < -0.4 is 0 Å². The molecule has 7 heteroatoms. The maximum Gasteiger partial charge on any atom is 0.187 e. The molecule has 3 heterocycles. The Hall–Kier alpha value is -1.34. The van der Waals surface area contributed by atoms with Crippen LogP contribution in [0.4, 0.5) is 0 Å². The number of hydrogen-bond donors (Lipinski definition) is 1. The molecule has 2 fully saturated rings. The van der Waals surface area contributed by atoms with Crippen LogP contribution in [0.25, 0.3) is 0 Å². The smallest absolute Gasteiger partial charge is 0.187 e. The molecule has 156 valence electrons. The molecule has 0 spiro atoms. The lowest BCUT2D eigenvalue weighted by Gasteiger charge is -2.32. The fraction of sp³-hybridized carbons (Fsp3) is 0.545. The van der Waals surface area contributed by atoms with E-state index in [1.165, 1.54) is 25.9 Å². The molecule has 0 amide bonds. The van der Waals surface area contributed by atoms with Gasteiger partial charge in [-0.2, -0.15) is 0 Å². The van der Waals surface area contributed by atoms with Crippen molar-refractivity contribution in [2.24, 2.45) is 0 Å². The SMILES string of the molecule is Oc1ccc(Cl)cc1CN1CCC[C@@H](c2ccnc(SCCN3CCCC3)n2)C1. The van der Waals surface area contributed by atoms with Crippen LogP contribution in [0.5, 0.6) is 5.75 Å². The van der Waals surface area contributed by atoms with Gasteiger partial charge in [0.05, 0.1) is 0 Å².